The van der Waals surface area contributed by atoms with E-state index in [1.165, 1.54) is 0 Å². The zero-order chi connectivity index (χ0) is 12.7. The monoisotopic (exact) mass is 221 g/mol. The molecule has 0 atom stereocenters. The lowest BCUT2D eigenvalue weighted by Crippen LogP contribution is -2.27. The van der Waals surface area contributed by atoms with Gasteiger partial charge in [-0.1, -0.05) is 25.2 Å². The molecule has 0 aromatic heterocycles. The number of rotatable bonds is 5. The van der Waals surface area contributed by atoms with Crippen LogP contribution in [0.1, 0.15) is 34.1 Å². The Morgan fingerprint density at radius 2 is 1.88 bits per heavy atom. The Balaban J connectivity index is 5.22. The second kappa shape index (κ2) is 7.04. The van der Waals surface area contributed by atoms with E-state index in [1.807, 2.05) is 40.0 Å². The van der Waals surface area contributed by atoms with Crippen molar-refractivity contribution in [3.05, 3.63) is 35.5 Å². The zero-order valence-corrected chi connectivity index (χ0v) is 11.1. The van der Waals surface area contributed by atoms with Gasteiger partial charge >= 0.3 is 0 Å². The van der Waals surface area contributed by atoms with Crippen molar-refractivity contribution < 1.29 is 4.79 Å². The van der Waals surface area contributed by atoms with E-state index in [0.29, 0.717) is 0 Å². The van der Waals surface area contributed by atoms with Crippen molar-refractivity contribution in [3.63, 3.8) is 0 Å². The summed E-state index contributed by atoms with van der Waals surface area (Å²) in [6.45, 7) is 12.4. The van der Waals surface area contributed by atoms with Gasteiger partial charge < -0.3 is 4.90 Å². The minimum absolute atomic E-state index is 0.0790. The van der Waals surface area contributed by atoms with Crippen LogP contribution in [0.3, 0.4) is 0 Å². The molecule has 0 saturated heterocycles. The van der Waals surface area contributed by atoms with Gasteiger partial charge in [0, 0.05) is 19.2 Å². The molecule has 0 bridgehead atoms. The molecule has 0 aromatic rings. The Hall–Kier alpha value is -1.31. The first-order chi connectivity index (χ1) is 7.47. The number of hydrogen-bond acceptors (Lipinski definition) is 1. The Kier molecular flexibility index (Phi) is 6.47. The normalized spacial score (nSPS) is 10.9. The summed E-state index contributed by atoms with van der Waals surface area (Å²) in [5.41, 5.74) is 2.91. The fourth-order valence-electron chi connectivity index (χ4n) is 1.26. The second-order valence-electron chi connectivity index (χ2n) is 4.01. The highest BCUT2D eigenvalue weighted by Crippen LogP contribution is 2.14. The standard InChI is InChI=1S/C14H23NO/c1-7-12(8-2)10-13(11(4)5)14(16)15(6)9-3/h7,10H,1,8-9H2,2-6H3/b12-10+. The highest BCUT2D eigenvalue weighted by Gasteiger charge is 2.12. The molecule has 0 unspecified atom stereocenters. The summed E-state index contributed by atoms with van der Waals surface area (Å²) in [5.74, 6) is 0.0790. The topological polar surface area (TPSA) is 20.3 Å². The molecule has 0 N–H and O–H groups in total. The number of carbonyl (C=O) groups is 1. The number of hydrogen-bond donors (Lipinski definition) is 0. The molecule has 1 amide bonds. The van der Waals surface area contributed by atoms with Gasteiger partial charge in [-0.3, -0.25) is 4.79 Å². The predicted molar refractivity (Wildman–Crippen MR) is 70.3 cm³/mol. The van der Waals surface area contributed by atoms with Crippen molar-refractivity contribution in [2.75, 3.05) is 13.6 Å². The molecular formula is C14H23NO. The third-order valence-corrected chi connectivity index (χ3v) is 2.59. The van der Waals surface area contributed by atoms with Gasteiger partial charge in [-0.05, 0) is 38.8 Å². The number of nitrogens with zero attached hydrogens (tertiary/aromatic N) is 1. The van der Waals surface area contributed by atoms with E-state index >= 15 is 0 Å². The Morgan fingerprint density at radius 1 is 1.31 bits per heavy atom. The summed E-state index contributed by atoms with van der Waals surface area (Å²) >= 11 is 0. The quantitative estimate of drug-likeness (QED) is 0.515. The van der Waals surface area contributed by atoms with Crippen molar-refractivity contribution in [1.29, 1.82) is 0 Å². The average Bonchev–Trinajstić information content (AvgIpc) is 2.28. The summed E-state index contributed by atoms with van der Waals surface area (Å²) in [6.07, 6.45) is 4.64. The summed E-state index contributed by atoms with van der Waals surface area (Å²) in [6, 6.07) is 0. The minimum Gasteiger partial charge on any atom is -0.342 e. The van der Waals surface area contributed by atoms with E-state index in [2.05, 4.69) is 13.5 Å². The van der Waals surface area contributed by atoms with E-state index in [4.69, 9.17) is 0 Å². The molecule has 90 valence electrons. The molecule has 0 saturated carbocycles. The molecule has 0 aliphatic carbocycles. The van der Waals surface area contributed by atoms with Crippen LogP contribution in [-0.4, -0.2) is 24.4 Å². The highest BCUT2D eigenvalue weighted by molar-refractivity contribution is 5.96. The van der Waals surface area contributed by atoms with Gasteiger partial charge in [-0.2, -0.15) is 0 Å². The number of allylic oxidation sites excluding steroid dienone is 3. The zero-order valence-electron chi connectivity index (χ0n) is 11.1. The maximum absolute atomic E-state index is 12.1. The van der Waals surface area contributed by atoms with Gasteiger partial charge in [0.15, 0.2) is 0 Å². The molecule has 0 heterocycles. The molecular weight excluding hydrogens is 198 g/mol. The van der Waals surface area contributed by atoms with Crippen LogP contribution in [0, 0.1) is 0 Å². The number of carbonyl (C=O) groups excluding carboxylic acids is 1. The van der Waals surface area contributed by atoms with Crippen molar-refractivity contribution in [1.82, 2.24) is 4.90 Å². The molecule has 0 aromatic carbocycles. The van der Waals surface area contributed by atoms with Crippen LogP contribution in [0.5, 0.6) is 0 Å². The van der Waals surface area contributed by atoms with E-state index in [0.717, 1.165) is 29.7 Å². The molecule has 2 nitrogen and oxygen atoms in total. The molecule has 0 rings (SSSR count). The van der Waals surface area contributed by atoms with Crippen LogP contribution >= 0.6 is 0 Å². The van der Waals surface area contributed by atoms with Crippen LogP contribution in [-0.2, 0) is 4.79 Å². The predicted octanol–water partition coefficient (Wildman–Crippen LogP) is 3.32. The first-order valence-electron chi connectivity index (χ1n) is 5.73. The van der Waals surface area contributed by atoms with Crippen LogP contribution in [0.15, 0.2) is 35.5 Å². The molecule has 0 fully saturated rings. The number of likely N-dealkylation sites (N-methyl/N-ethyl adjacent to an activating group) is 1. The van der Waals surface area contributed by atoms with Crippen molar-refractivity contribution in [3.8, 4) is 0 Å². The van der Waals surface area contributed by atoms with Gasteiger partial charge in [-0.25, -0.2) is 0 Å². The Labute approximate surface area is 99.3 Å². The van der Waals surface area contributed by atoms with Gasteiger partial charge in [0.25, 0.3) is 5.91 Å². The third-order valence-electron chi connectivity index (χ3n) is 2.59. The van der Waals surface area contributed by atoms with Crippen LogP contribution in [0.4, 0.5) is 0 Å². The van der Waals surface area contributed by atoms with Crippen molar-refractivity contribution in [2.24, 2.45) is 0 Å². The summed E-state index contributed by atoms with van der Waals surface area (Å²) in [7, 11) is 1.82. The van der Waals surface area contributed by atoms with E-state index in [-0.39, 0.29) is 5.91 Å². The van der Waals surface area contributed by atoms with Gasteiger partial charge in [0.2, 0.25) is 0 Å². The lowest BCUT2D eigenvalue weighted by atomic mass is 10.0. The van der Waals surface area contributed by atoms with Gasteiger partial charge in [-0.15, -0.1) is 0 Å². The molecule has 0 radical (unpaired) electrons. The SMILES string of the molecule is C=C/C(=C\C(C(=O)N(C)CC)=C(C)C)CC. The minimum atomic E-state index is 0.0790. The van der Waals surface area contributed by atoms with Crippen LogP contribution in [0.2, 0.25) is 0 Å². The summed E-state index contributed by atoms with van der Waals surface area (Å²) in [5, 5.41) is 0. The fourth-order valence-corrected chi connectivity index (χ4v) is 1.26. The Morgan fingerprint density at radius 3 is 2.19 bits per heavy atom. The van der Waals surface area contributed by atoms with E-state index in [1.54, 1.807) is 4.90 Å². The fraction of sp³-hybridized carbons (Fsp3) is 0.500. The maximum Gasteiger partial charge on any atom is 0.253 e. The molecule has 16 heavy (non-hydrogen) atoms. The average molecular weight is 221 g/mol. The van der Waals surface area contributed by atoms with Gasteiger partial charge in [0.05, 0.1) is 0 Å². The van der Waals surface area contributed by atoms with Gasteiger partial charge in [0.1, 0.15) is 0 Å². The van der Waals surface area contributed by atoms with Crippen LogP contribution in [0.25, 0.3) is 0 Å². The number of amides is 1. The smallest absolute Gasteiger partial charge is 0.253 e. The first kappa shape index (κ1) is 14.7. The van der Waals surface area contributed by atoms with E-state index < -0.39 is 0 Å². The molecule has 0 aliphatic heterocycles. The third kappa shape index (κ3) is 4.05. The largest absolute Gasteiger partial charge is 0.342 e. The first-order valence-corrected chi connectivity index (χ1v) is 5.73. The van der Waals surface area contributed by atoms with Crippen molar-refractivity contribution in [2.45, 2.75) is 34.1 Å². The summed E-state index contributed by atoms with van der Waals surface area (Å²) in [4.78, 5) is 13.8. The molecule has 0 spiro atoms. The maximum atomic E-state index is 12.1. The van der Waals surface area contributed by atoms with Crippen molar-refractivity contribution >= 4 is 5.91 Å². The van der Waals surface area contributed by atoms with Crippen LogP contribution < -0.4 is 0 Å². The second-order valence-corrected chi connectivity index (χ2v) is 4.01. The highest BCUT2D eigenvalue weighted by atomic mass is 16.2. The molecule has 0 aliphatic rings. The lowest BCUT2D eigenvalue weighted by Gasteiger charge is -2.16. The van der Waals surface area contributed by atoms with E-state index in [9.17, 15) is 4.79 Å². The lowest BCUT2D eigenvalue weighted by molar-refractivity contribution is -0.125. The molecule has 2 heteroatoms. The summed E-state index contributed by atoms with van der Waals surface area (Å²) < 4.78 is 0. The Bertz CT molecular complexity index is 320.